The maximum absolute atomic E-state index is 17.9. The van der Waals surface area contributed by atoms with Gasteiger partial charge in [-0.3, -0.25) is 14.5 Å². The Balaban J connectivity index is 1.12. The van der Waals surface area contributed by atoms with E-state index in [0.29, 0.717) is 58.2 Å². The van der Waals surface area contributed by atoms with Crippen LogP contribution < -0.4 is 9.64 Å². The number of hydrogen-bond donors (Lipinski definition) is 1. The van der Waals surface area contributed by atoms with E-state index < -0.39 is 11.6 Å². The number of morpholine rings is 1. The highest BCUT2D eigenvalue weighted by Gasteiger charge is 2.48. The summed E-state index contributed by atoms with van der Waals surface area (Å²) < 4.78 is 52.7. The molecule has 4 unspecified atom stereocenters. The van der Waals surface area contributed by atoms with Crippen molar-refractivity contribution in [3.8, 4) is 35.2 Å². The molecule has 2 aromatic heterocycles. The van der Waals surface area contributed by atoms with Gasteiger partial charge >= 0.3 is 6.01 Å². The van der Waals surface area contributed by atoms with E-state index in [9.17, 15) is 5.11 Å². The van der Waals surface area contributed by atoms with Gasteiger partial charge in [-0.15, -0.1) is 6.42 Å². The first-order valence-corrected chi connectivity index (χ1v) is 20.0. The number of piperidine rings is 1. The summed E-state index contributed by atoms with van der Waals surface area (Å²) in [6.45, 7) is 6.48. The van der Waals surface area contributed by atoms with Crippen molar-refractivity contribution in [3.05, 3.63) is 47.7 Å². The molecule has 292 valence electrons. The first-order chi connectivity index (χ1) is 27.2. The van der Waals surface area contributed by atoms with Crippen molar-refractivity contribution in [3.63, 3.8) is 0 Å². The smallest absolute Gasteiger partial charge is 0.319 e. The summed E-state index contributed by atoms with van der Waals surface area (Å²) in [5.41, 5.74) is 0.719. The molecule has 1 aliphatic carbocycles. The Morgan fingerprint density at radius 2 is 1.82 bits per heavy atom. The van der Waals surface area contributed by atoms with Crippen molar-refractivity contribution in [2.75, 3.05) is 64.6 Å². The lowest BCUT2D eigenvalue weighted by Crippen LogP contribution is -2.56. The minimum absolute atomic E-state index is 0.0170. The van der Waals surface area contributed by atoms with Gasteiger partial charge < -0.3 is 24.2 Å². The number of aromatic hydroxyl groups is 1. The number of phenolic OH excluding ortho intramolecular Hbond substituents is 1. The van der Waals surface area contributed by atoms with Crippen molar-refractivity contribution in [1.29, 1.82) is 0 Å². The number of methoxy groups -OCH3 is 1. The van der Waals surface area contributed by atoms with Crippen LogP contribution >= 0.6 is 0 Å². The number of hydrogen-bond acceptors (Lipinski definition) is 10. The highest BCUT2D eigenvalue weighted by Crippen LogP contribution is 2.49. The van der Waals surface area contributed by atoms with E-state index in [1.54, 1.807) is 18.8 Å². The Kier molecular flexibility index (Phi) is 8.81. The van der Waals surface area contributed by atoms with E-state index in [1.165, 1.54) is 24.3 Å². The molecular weight excluding hydrogens is 717 g/mol. The molecule has 5 aromatic rings. The van der Waals surface area contributed by atoms with E-state index in [0.717, 1.165) is 84.3 Å². The number of nitrogens with zero attached hydrogens (tertiary/aromatic N) is 7. The minimum Gasteiger partial charge on any atom is -0.508 e. The zero-order chi connectivity index (χ0) is 38.3. The van der Waals surface area contributed by atoms with Gasteiger partial charge in [-0.2, -0.15) is 15.1 Å². The molecule has 4 atom stereocenters. The van der Waals surface area contributed by atoms with E-state index in [1.807, 2.05) is 6.20 Å². The van der Waals surface area contributed by atoms with E-state index in [-0.39, 0.29) is 51.5 Å². The predicted octanol–water partition coefficient (Wildman–Crippen LogP) is 6.01. The molecule has 1 N–H and O–H groups in total. The van der Waals surface area contributed by atoms with E-state index in [4.69, 9.17) is 35.7 Å². The van der Waals surface area contributed by atoms with Gasteiger partial charge in [0, 0.05) is 99.6 Å². The maximum Gasteiger partial charge on any atom is 0.319 e. The van der Waals surface area contributed by atoms with Crippen LogP contribution in [0.2, 0.25) is 0 Å². The van der Waals surface area contributed by atoms with Crippen molar-refractivity contribution < 1.29 is 28.1 Å². The number of anilines is 1. The fourth-order valence-electron chi connectivity index (χ4n) is 10.1. The molecule has 0 amide bonds. The Hall–Kier alpha value is -4.61. The molecule has 3 aromatic carbocycles. The molecule has 6 fully saturated rings. The average Bonchev–Trinajstić information content (AvgIpc) is 3.77. The quantitative estimate of drug-likeness (QED) is 0.127. The lowest BCUT2D eigenvalue weighted by Gasteiger charge is -2.46. The monoisotopic (exact) mass is 763 g/mol. The number of aromatic nitrogens is 4. The summed E-state index contributed by atoms with van der Waals surface area (Å²) in [7, 11) is 3.52. The summed E-state index contributed by atoms with van der Waals surface area (Å²) in [6, 6.07) is 6.64. The van der Waals surface area contributed by atoms with Crippen LogP contribution in [0.15, 0.2) is 30.5 Å². The molecule has 4 bridgehead atoms. The SMILES string of the molecule is C#Cc1c(F)ccc2cc(O)cc(-c3c(F)c4nc(OCC5(CN6CC7CCC6CO7)CC5)nc(N5C6CCC5CN(CCCOC)C6)c4c4cn(C)nc34)c12. The molecule has 5 aliphatic heterocycles. The third kappa shape index (κ3) is 6.04. The van der Waals surface area contributed by atoms with Crippen LogP contribution in [0.1, 0.15) is 50.5 Å². The number of terminal acetylenes is 1. The molecule has 56 heavy (non-hydrogen) atoms. The average molecular weight is 764 g/mol. The van der Waals surface area contributed by atoms with Crippen LogP contribution in [0.3, 0.4) is 0 Å². The number of benzene rings is 3. The van der Waals surface area contributed by atoms with Crippen LogP contribution in [-0.4, -0.2) is 119 Å². The number of ether oxygens (including phenoxy) is 3. The van der Waals surface area contributed by atoms with Gasteiger partial charge in [-0.1, -0.05) is 12.0 Å². The molecule has 11 rings (SSSR count). The Bertz CT molecular complexity index is 2390. The normalized spacial score (nSPS) is 24.4. The number of fused-ring (bicyclic) bond motifs is 9. The first kappa shape index (κ1) is 35.8. The fraction of sp³-hybridized carbons (Fsp3) is 0.512. The van der Waals surface area contributed by atoms with Crippen LogP contribution in [0.25, 0.3) is 43.7 Å². The van der Waals surface area contributed by atoms with E-state index >= 15 is 8.78 Å². The van der Waals surface area contributed by atoms with Gasteiger partial charge in [0.1, 0.15) is 28.4 Å². The zero-order valence-corrected chi connectivity index (χ0v) is 31.9. The minimum atomic E-state index is -0.658. The highest BCUT2D eigenvalue weighted by molar-refractivity contribution is 6.18. The van der Waals surface area contributed by atoms with Crippen LogP contribution in [0.5, 0.6) is 11.8 Å². The largest absolute Gasteiger partial charge is 0.508 e. The molecule has 13 heteroatoms. The van der Waals surface area contributed by atoms with Gasteiger partial charge in [0.2, 0.25) is 0 Å². The predicted molar refractivity (Wildman–Crippen MR) is 210 cm³/mol. The van der Waals surface area contributed by atoms with Crippen LogP contribution in [-0.2, 0) is 16.5 Å². The maximum atomic E-state index is 17.9. The second-order valence-corrected chi connectivity index (χ2v) is 16.8. The Labute approximate surface area is 324 Å². The number of halogens is 2. The van der Waals surface area contributed by atoms with E-state index in [2.05, 4.69) is 20.6 Å². The van der Waals surface area contributed by atoms with Gasteiger partial charge in [0.15, 0.2) is 5.82 Å². The molecular formula is C43H47F2N7O4. The van der Waals surface area contributed by atoms with Crippen molar-refractivity contribution in [2.24, 2.45) is 12.5 Å². The van der Waals surface area contributed by atoms with Crippen LogP contribution in [0, 0.1) is 29.4 Å². The molecule has 6 aliphatic rings. The first-order valence-electron chi connectivity index (χ1n) is 20.0. The Morgan fingerprint density at radius 1 is 1.02 bits per heavy atom. The number of piperazine rings is 1. The molecule has 7 heterocycles. The summed E-state index contributed by atoms with van der Waals surface area (Å²) in [5.74, 6) is 1.74. The second-order valence-electron chi connectivity index (χ2n) is 16.8. The summed E-state index contributed by atoms with van der Waals surface area (Å²) in [6.07, 6.45) is 15.3. The molecule has 5 saturated heterocycles. The summed E-state index contributed by atoms with van der Waals surface area (Å²) in [5, 5.41) is 17.7. The molecule has 0 spiro atoms. The highest BCUT2D eigenvalue weighted by atomic mass is 19.1. The third-order valence-electron chi connectivity index (χ3n) is 13.0. The lowest BCUT2D eigenvalue weighted by atomic mass is 9.91. The number of rotatable bonds is 11. The third-order valence-corrected chi connectivity index (χ3v) is 13.0. The van der Waals surface area contributed by atoms with Crippen molar-refractivity contribution in [1.82, 2.24) is 29.5 Å². The van der Waals surface area contributed by atoms with Gasteiger partial charge in [-0.25, -0.2) is 8.78 Å². The number of likely N-dealkylation sites (tertiary alicyclic amines) is 1. The molecule has 11 nitrogen and oxygen atoms in total. The molecule has 1 saturated carbocycles. The molecule has 0 radical (unpaired) electrons. The standard InChI is InChI=1S/C43H47F2N7O4/c1-4-31-34(44)11-6-25-16-29(53)17-32(35(25)31)36-38(45)40-37(33-21-49(2)48-39(33)36)41(52-26-7-8-27(52)19-50(18-26)14-5-15-54-3)47-42(46-40)56-24-43(12-13-43)23-51-20-30-10-9-28(51)22-55-30/h1,6,11,16-17,21,26-28,30,53H,5,7-10,12-15,18-20,22-24H2,2-3H3. The van der Waals surface area contributed by atoms with Crippen molar-refractivity contribution in [2.45, 2.75) is 69.2 Å². The van der Waals surface area contributed by atoms with Crippen LogP contribution in [0.4, 0.5) is 14.6 Å². The van der Waals surface area contributed by atoms with Gasteiger partial charge in [0.05, 0.1) is 30.3 Å². The number of phenols is 1. The topological polar surface area (TPSA) is 101 Å². The van der Waals surface area contributed by atoms with Gasteiger partial charge in [-0.05, 0) is 74.1 Å². The second kappa shape index (κ2) is 13.8. The zero-order valence-electron chi connectivity index (χ0n) is 31.9. The Morgan fingerprint density at radius 3 is 2.52 bits per heavy atom. The lowest BCUT2D eigenvalue weighted by molar-refractivity contribution is -0.112. The van der Waals surface area contributed by atoms with Gasteiger partial charge in [0.25, 0.3) is 0 Å². The van der Waals surface area contributed by atoms with Crippen molar-refractivity contribution >= 4 is 38.4 Å². The summed E-state index contributed by atoms with van der Waals surface area (Å²) in [4.78, 5) is 17.5. The fourth-order valence-corrected chi connectivity index (χ4v) is 10.1. The summed E-state index contributed by atoms with van der Waals surface area (Å²) >= 11 is 0. The number of aryl methyl sites for hydroxylation is 1.